The molecule has 0 aliphatic rings. The van der Waals surface area contributed by atoms with E-state index in [2.05, 4.69) is 148 Å². The lowest BCUT2D eigenvalue weighted by molar-refractivity contribution is 1.07. The first-order valence-electron chi connectivity index (χ1n) is 17.6. The minimum Gasteiger partial charge on any atom is -0.236 e. The van der Waals surface area contributed by atoms with Crippen molar-refractivity contribution in [3.63, 3.8) is 0 Å². The van der Waals surface area contributed by atoms with Gasteiger partial charge in [0, 0.05) is 33.4 Å². The van der Waals surface area contributed by atoms with E-state index in [4.69, 9.17) is 29.9 Å². The number of rotatable bonds is 6. The van der Waals surface area contributed by atoms with Crippen LogP contribution in [0.1, 0.15) is 16.7 Å². The second-order valence-corrected chi connectivity index (χ2v) is 16.4. The van der Waals surface area contributed by atoms with E-state index in [1.165, 1.54) is 30.8 Å². The van der Waals surface area contributed by atoms with Gasteiger partial charge < -0.3 is 0 Å². The summed E-state index contributed by atoms with van der Waals surface area (Å²) in [5.74, 6) is 1.83. The fraction of sp³-hybridized carbons (Fsp3) is 0.0667. The first kappa shape index (κ1) is 32.6. The van der Waals surface area contributed by atoms with Gasteiger partial charge in [0.15, 0.2) is 17.5 Å². The lowest BCUT2D eigenvalue weighted by atomic mass is 10.1. The Kier molecular flexibility index (Phi) is 7.94. The molecule has 0 unspecified atom stereocenters. The first-order chi connectivity index (χ1) is 26.4. The summed E-state index contributed by atoms with van der Waals surface area (Å²) in [6.45, 7) is 6.40. The van der Waals surface area contributed by atoms with E-state index in [-0.39, 0.29) is 0 Å². The van der Waals surface area contributed by atoms with Gasteiger partial charge in [-0.2, -0.15) is 0 Å². The van der Waals surface area contributed by atoms with Crippen LogP contribution in [0.5, 0.6) is 0 Å². The predicted octanol–water partition coefficient (Wildman–Crippen LogP) is 12.6. The maximum Gasteiger partial charge on any atom is 0.164 e. The topological polar surface area (TPSA) is 77.3 Å². The molecule has 0 spiro atoms. The van der Waals surface area contributed by atoms with Gasteiger partial charge in [-0.05, 0) is 55.7 Å². The zero-order valence-electron chi connectivity index (χ0n) is 29.5. The molecule has 0 bridgehead atoms. The van der Waals surface area contributed by atoms with Crippen LogP contribution in [0.25, 0.3) is 96.5 Å². The number of aryl methyl sites for hydroxylation is 3. The van der Waals surface area contributed by atoms with Gasteiger partial charge >= 0.3 is 0 Å². The van der Waals surface area contributed by atoms with Crippen molar-refractivity contribution < 1.29 is 0 Å². The van der Waals surface area contributed by atoms with Crippen LogP contribution in [-0.2, 0) is 0 Å². The largest absolute Gasteiger partial charge is 0.236 e. The molecule has 0 aliphatic carbocycles. The summed E-state index contributed by atoms with van der Waals surface area (Å²) in [6, 6.07) is 43.9. The molecule has 9 heteroatoms. The minimum atomic E-state index is 0.609. The molecular formula is C45H30N6S3. The van der Waals surface area contributed by atoms with E-state index in [9.17, 15) is 0 Å². The van der Waals surface area contributed by atoms with Crippen molar-refractivity contribution in [1.29, 1.82) is 0 Å². The van der Waals surface area contributed by atoms with Gasteiger partial charge in [0.1, 0.15) is 15.0 Å². The second-order valence-electron chi connectivity index (χ2n) is 13.4. The molecule has 0 aliphatic heterocycles. The van der Waals surface area contributed by atoms with Crippen molar-refractivity contribution >= 4 is 64.7 Å². The van der Waals surface area contributed by atoms with Crippen molar-refractivity contribution in [2.24, 2.45) is 0 Å². The Labute approximate surface area is 323 Å². The molecule has 0 fully saturated rings. The Bertz CT molecular complexity index is 2670. The van der Waals surface area contributed by atoms with Crippen LogP contribution in [0, 0.1) is 20.8 Å². The maximum absolute atomic E-state index is 5.04. The average Bonchev–Trinajstić information content (AvgIpc) is 3.97. The summed E-state index contributed by atoms with van der Waals surface area (Å²) >= 11 is 5.16. The van der Waals surface area contributed by atoms with Crippen molar-refractivity contribution in [1.82, 2.24) is 29.9 Å². The monoisotopic (exact) mass is 750 g/mol. The molecule has 10 aromatic rings. The molecule has 0 saturated heterocycles. The molecule has 0 amide bonds. The van der Waals surface area contributed by atoms with Crippen LogP contribution in [0.2, 0.25) is 0 Å². The number of hydrogen-bond donors (Lipinski definition) is 0. The normalized spacial score (nSPS) is 11.6. The van der Waals surface area contributed by atoms with E-state index in [1.807, 2.05) is 0 Å². The van der Waals surface area contributed by atoms with Crippen molar-refractivity contribution in [3.05, 3.63) is 144 Å². The molecule has 4 heterocycles. The Morgan fingerprint density at radius 2 is 0.556 bits per heavy atom. The van der Waals surface area contributed by atoms with Gasteiger partial charge in [-0.3, -0.25) is 0 Å². The fourth-order valence-corrected chi connectivity index (χ4v) is 9.80. The molecular weight excluding hydrogens is 721 g/mol. The molecule has 258 valence electrons. The molecule has 0 atom stereocenters. The third kappa shape index (κ3) is 5.87. The van der Waals surface area contributed by atoms with E-state index in [1.54, 1.807) is 34.0 Å². The molecule has 0 saturated carbocycles. The van der Waals surface area contributed by atoms with E-state index in [0.717, 1.165) is 65.0 Å². The van der Waals surface area contributed by atoms with Crippen LogP contribution in [-0.4, -0.2) is 29.9 Å². The molecule has 54 heavy (non-hydrogen) atoms. The second kappa shape index (κ2) is 13.1. The molecule has 4 aromatic heterocycles. The standard InChI is InChI=1S/C45H30N6S3/c1-25-7-4-10-34-37(25)52-43(46-34)31-19-13-28(14-20-31)40-49-41(29-15-21-32(22-16-29)44-47-35-11-5-8-26(2)38(35)53-44)51-42(50-40)30-17-23-33(24-18-30)45-48-36-12-6-9-27(3)39(36)54-45/h4-24H,1-3H3. The lowest BCUT2D eigenvalue weighted by Crippen LogP contribution is -2.00. The van der Waals surface area contributed by atoms with Gasteiger partial charge in [-0.15, -0.1) is 34.0 Å². The van der Waals surface area contributed by atoms with Crippen LogP contribution < -0.4 is 0 Å². The fourth-order valence-electron chi connectivity index (χ4n) is 6.68. The van der Waals surface area contributed by atoms with Gasteiger partial charge in [-0.25, -0.2) is 29.9 Å². The summed E-state index contributed by atoms with van der Waals surface area (Å²) < 4.78 is 3.66. The number of nitrogens with zero attached hydrogens (tertiary/aromatic N) is 6. The summed E-state index contributed by atoms with van der Waals surface area (Å²) in [5, 5.41) is 2.99. The zero-order chi connectivity index (χ0) is 36.3. The van der Waals surface area contributed by atoms with E-state index < -0.39 is 0 Å². The number of benzene rings is 6. The third-order valence-corrected chi connectivity index (χ3v) is 13.4. The zero-order valence-corrected chi connectivity index (χ0v) is 32.0. The van der Waals surface area contributed by atoms with Crippen molar-refractivity contribution in [2.45, 2.75) is 20.8 Å². The molecule has 0 N–H and O–H groups in total. The van der Waals surface area contributed by atoms with Gasteiger partial charge in [-0.1, -0.05) is 109 Å². The van der Waals surface area contributed by atoms with Crippen LogP contribution in [0.3, 0.4) is 0 Å². The smallest absolute Gasteiger partial charge is 0.164 e. The van der Waals surface area contributed by atoms with Gasteiger partial charge in [0.25, 0.3) is 0 Å². The molecule has 10 rings (SSSR count). The maximum atomic E-state index is 5.04. The summed E-state index contributed by atoms with van der Waals surface area (Å²) in [5.41, 5.74) is 12.7. The highest BCUT2D eigenvalue weighted by Gasteiger charge is 2.16. The number of aromatic nitrogens is 6. The molecule has 0 radical (unpaired) electrons. The SMILES string of the molecule is Cc1cccc2nc(-c3ccc(-c4nc(-c5ccc(-c6nc7cccc(C)c7s6)cc5)nc(-c5ccc(-c6nc7cccc(C)c7s6)cc5)n4)cc3)sc12. The quantitative estimate of drug-likeness (QED) is 0.168. The van der Waals surface area contributed by atoms with Gasteiger partial charge in [0.2, 0.25) is 0 Å². The first-order valence-corrected chi connectivity index (χ1v) is 20.1. The van der Waals surface area contributed by atoms with Crippen molar-refractivity contribution in [3.8, 4) is 65.9 Å². The molecule has 6 nitrogen and oxygen atoms in total. The Hall–Kier alpha value is -6.00. The van der Waals surface area contributed by atoms with Crippen molar-refractivity contribution in [2.75, 3.05) is 0 Å². The number of hydrogen-bond acceptors (Lipinski definition) is 9. The molecule has 6 aromatic carbocycles. The highest BCUT2D eigenvalue weighted by Crippen LogP contribution is 2.36. The van der Waals surface area contributed by atoms with E-state index >= 15 is 0 Å². The predicted molar refractivity (Wildman–Crippen MR) is 226 cm³/mol. The highest BCUT2D eigenvalue weighted by molar-refractivity contribution is 7.22. The highest BCUT2D eigenvalue weighted by atomic mass is 32.1. The van der Waals surface area contributed by atoms with Gasteiger partial charge in [0.05, 0.1) is 30.6 Å². The summed E-state index contributed by atoms with van der Waals surface area (Å²) in [6.07, 6.45) is 0. The van der Waals surface area contributed by atoms with Crippen LogP contribution in [0.15, 0.2) is 127 Å². The average molecular weight is 751 g/mol. The third-order valence-electron chi connectivity index (χ3n) is 9.64. The summed E-state index contributed by atoms with van der Waals surface area (Å²) in [7, 11) is 0. The minimum absolute atomic E-state index is 0.609. The van der Waals surface area contributed by atoms with Crippen LogP contribution in [0.4, 0.5) is 0 Å². The summed E-state index contributed by atoms with van der Waals surface area (Å²) in [4.78, 5) is 29.9. The lowest BCUT2D eigenvalue weighted by Gasteiger charge is -2.09. The van der Waals surface area contributed by atoms with E-state index in [0.29, 0.717) is 17.5 Å². The number of thiazole rings is 3. The Morgan fingerprint density at radius 3 is 0.815 bits per heavy atom. The van der Waals surface area contributed by atoms with Crippen LogP contribution >= 0.6 is 34.0 Å². The number of fused-ring (bicyclic) bond motifs is 3. The Morgan fingerprint density at radius 1 is 0.296 bits per heavy atom. The Balaban J connectivity index is 1.03.